The van der Waals surface area contributed by atoms with E-state index < -0.39 is 15.9 Å². The van der Waals surface area contributed by atoms with Gasteiger partial charge in [0.1, 0.15) is 6.17 Å². The van der Waals surface area contributed by atoms with Crippen LogP contribution in [-0.2, 0) is 4.74 Å². The first-order valence-corrected chi connectivity index (χ1v) is 8.96. The summed E-state index contributed by atoms with van der Waals surface area (Å²) in [4.78, 5) is 14.2. The Morgan fingerprint density at radius 2 is 1.75 bits per heavy atom. The van der Waals surface area contributed by atoms with E-state index in [1.165, 1.54) is 0 Å². The number of thiocarbonyl (C=S) groups is 1. The number of hydrogen-bond donors (Lipinski definition) is 2. The predicted octanol–water partition coefficient (Wildman–Crippen LogP) is 2.97. The fourth-order valence-corrected chi connectivity index (χ4v) is 2.75. The van der Waals surface area contributed by atoms with E-state index in [0.29, 0.717) is 42.0 Å². The number of carbonyl (C=O) groups is 1. The molecule has 2 rings (SSSR count). The van der Waals surface area contributed by atoms with Crippen molar-refractivity contribution in [3.05, 3.63) is 34.9 Å². The number of alkyl halides is 3. The van der Waals surface area contributed by atoms with Crippen molar-refractivity contribution in [2.45, 2.75) is 9.96 Å². The molecular formula is C14H15Cl4N3O2S. The standard InChI is InChI=1S/C14H15Cl4N3O2S/c15-10-3-1-9(2-4-10)11(22)19-12(14(16,17)18)20-13(24)21-5-7-23-8-6-21/h1-4,12H,5-8H2,(H,19,22)(H,20,24)/t12-/m1/s1. The summed E-state index contributed by atoms with van der Waals surface area (Å²) in [5, 5.41) is 6.42. The van der Waals surface area contributed by atoms with Crippen molar-refractivity contribution in [1.82, 2.24) is 15.5 Å². The van der Waals surface area contributed by atoms with Crippen LogP contribution in [-0.4, -0.2) is 52.2 Å². The number of morpholine rings is 1. The van der Waals surface area contributed by atoms with Crippen molar-refractivity contribution < 1.29 is 9.53 Å². The van der Waals surface area contributed by atoms with Crippen LogP contribution in [0.25, 0.3) is 0 Å². The number of nitrogens with zero attached hydrogens (tertiary/aromatic N) is 1. The fraction of sp³-hybridized carbons (Fsp3) is 0.429. The lowest BCUT2D eigenvalue weighted by Gasteiger charge is -2.34. The van der Waals surface area contributed by atoms with Gasteiger partial charge >= 0.3 is 0 Å². The molecule has 1 heterocycles. The number of carbonyl (C=O) groups excluding carboxylic acids is 1. The molecule has 0 spiro atoms. The van der Waals surface area contributed by atoms with Gasteiger partial charge < -0.3 is 20.3 Å². The fourth-order valence-electron chi connectivity index (χ4n) is 2.00. The van der Waals surface area contributed by atoms with Gasteiger partial charge in [-0.25, -0.2) is 0 Å². The molecule has 2 N–H and O–H groups in total. The first-order chi connectivity index (χ1) is 11.3. The Kier molecular flexibility index (Phi) is 7.22. The number of ether oxygens (including phenoxy) is 1. The Balaban J connectivity index is 2.03. The second-order valence-corrected chi connectivity index (χ2v) is 8.20. The molecule has 10 heteroatoms. The third kappa shape index (κ3) is 5.79. The Labute approximate surface area is 165 Å². The summed E-state index contributed by atoms with van der Waals surface area (Å²) in [6.07, 6.45) is -0.999. The van der Waals surface area contributed by atoms with E-state index in [9.17, 15) is 4.79 Å². The summed E-state index contributed by atoms with van der Waals surface area (Å²) < 4.78 is 3.47. The average molecular weight is 431 g/mol. The molecule has 0 unspecified atom stereocenters. The summed E-state index contributed by atoms with van der Waals surface area (Å²) >= 11 is 29.0. The molecule has 0 bridgehead atoms. The maximum atomic E-state index is 12.3. The van der Waals surface area contributed by atoms with Gasteiger partial charge in [0, 0.05) is 23.7 Å². The van der Waals surface area contributed by atoms with E-state index in [2.05, 4.69) is 10.6 Å². The number of benzene rings is 1. The summed E-state index contributed by atoms with van der Waals surface area (Å²) in [6, 6.07) is 6.36. The van der Waals surface area contributed by atoms with E-state index in [1.807, 2.05) is 4.90 Å². The molecule has 1 aromatic rings. The zero-order valence-corrected chi connectivity index (χ0v) is 16.2. The van der Waals surface area contributed by atoms with Gasteiger partial charge in [-0.15, -0.1) is 0 Å². The predicted molar refractivity (Wildman–Crippen MR) is 101 cm³/mol. The number of rotatable bonds is 3. The number of hydrogen-bond acceptors (Lipinski definition) is 3. The molecule has 1 atom stereocenters. The van der Waals surface area contributed by atoms with Crippen LogP contribution >= 0.6 is 58.6 Å². The molecule has 24 heavy (non-hydrogen) atoms. The molecule has 1 aromatic carbocycles. The molecule has 0 radical (unpaired) electrons. The van der Waals surface area contributed by atoms with Crippen molar-refractivity contribution in [2.75, 3.05) is 26.3 Å². The molecule has 1 aliphatic heterocycles. The third-order valence-electron chi connectivity index (χ3n) is 3.28. The highest BCUT2D eigenvalue weighted by Crippen LogP contribution is 2.29. The number of halogens is 4. The highest BCUT2D eigenvalue weighted by molar-refractivity contribution is 7.80. The highest BCUT2D eigenvalue weighted by Gasteiger charge is 2.35. The van der Waals surface area contributed by atoms with Crippen molar-refractivity contribution in [3.63, 3.8) is 0 Å². The first-order valence-electron chi connectivity index (χ1n) is 7.03. The largest absolute Gasteiger partial charge is 0.378 e. The monoisotopic (exact) mass is 429 g/mol. The van der Waals surface area contributed by atoms with Crippen LogP contribution in [0.4, 0.5) is 0 Å². The smallest absolute Gasteiger partial charge is 0.252 e. The van der Waals surface area contributed by atoms with E-state index in [-0.39, 0.29) is 0 Å². The Hall–Kier alpha value is -0.500. The number of nitrogens with one attached hydrogen (secondary N) is 2. The molecule has 5 nitrogen and oxygen atoms in total. The van der Waals surface area contributed by atoms with Gasteiger partial charge in [0.15, 0.2) is 5.11 Å². The third-order valence-corrected chi connectivity index (χ3v) is 4.56. The van der Waals surface area contributed by atoms with Crippen LogP contribution in [0.3, 0.4) is 0 Å². The van der Waals surface area contributed by atoms with Gasteiger partial charge in [0.05, 0.1) is 13.2 Å². The lowest BCUT2D eigenvalue weighted by Crippen LogP contribution is -2.59. The maximum absolute atomic E-state index is 12.3. The molecule has 0 saturated carbocycles. The SMILES string of the molecule is O=C(N[C@H](NC(=S)N1CCOCC1)C(Cl)(Cl)Cl)c1ccc(Cl)cc1. The summed E-state index contributed by atoms with van der Waals surface area (Å²) in [5.74, 6) is -0.416. The van der Waals surface area contributed by atoms with Crippen LogP contribution in [0.1, 0.15) is 10.4 Å². The van der Waals surface area contributed by atoms with Crippen LogP contribution in [0, 0.1) is 0 Å². The molecule has 0 aliphatic carbocycles. The van der Waals surface area contributed by atoms with E-state index in [4.69, 9.17) is 63.4 Å². The average Bonchev–Trinajstić information content (AvgIpc) is 2.54. The van der Waals surface area contributed by atoms with Gasteiger partial charge in [-0.2, -0.15) is 0 Å². The van der Waals surface area contributed by atoms with Crippen molar-refractivity contribution in [1.29, 1.82) is 0 Å². The Morgan fingerprint density at radius 1 is 1.17 bits per heavy atom. The van der Waals surface area contributed by atoms with Crippen molar-refractivity contribution >= 4 is 69.6 Å². The van der Waals surface area contributed by atoms with E-state index in [0.717, 1.165) is 0 Å². The minimum atomic E-state index is -1.79. The van der Waals surface area contributed by atoms with Crippen molar-refractivity contribution in [3.8, 4) is 0 Å². The molecule has 0 aromatic heterocycles. The zero-order valence-electron chi connectivity index (χ0n) is 12.4. The minimum Gasteiger partial charge on any atom is -0.378 e. The van der Waals surface area contributed by atoms with E-state index in [1.54, 1.807) is 24.3 Å². The van der Waals surface area contributed by atoms with Crippen LogP contribution < -0.4 is 10.6 Å². The van der Waals surface area contributed by atoms with Crippen LogP contribution in [0.5, 0.6) is 0 Å². The lowest BCUT2D eigenvalue weighted by atomic mass is 10.2. The van der Waals surface area contributed by atoms with Crippen LogP contribution in [0.15, 0.2) is 24.3 Å². The summed E-state index contributed by atoms with van der Waals surface area (Å²) in [6.45, 7) is 2.39. The van der Waals surface area contributed by atoms with Gasteiger partial charge in [-0.1, -0.05) is 46.4 Å². The minimum absolute atomic E-state index is 0.381. The van der Waals surface area contributed by atoms with E-state index >= 15 is 0 Å². The molecule has 132 valence electrons. The zero-order chi connectivity index (χ0) is 17.7. The lowest BCUT2D eigenvalue weighted by molar-refractivity contribution is 0.0671. The van der Waals surface area contributed by atoms with Gasteiger partial charge in [-0.05, 0) is 36.5 Å². The molecule has 1 aliphatic rings. The quantitative estimate of drug-likeness (QED) is 0.438. The Bertz CT molecular complexity index is 589. The summed E-state index contributed by atoms with van der Waals surface area (Å²) in [7, 11) is 0. The topological polar surface area (TPSA) is 53.6 Å². The highest BCUT2D eigenvalue weighted by atomic mass is 35.6. The van der Waals surface area contributed by atoms with Gasteiger partial charge in [0.25, 0.3) is 5.91 Å². The van der Waals surface area contributed by atoms with Crippen molar-refractivity contribution in [2.24, 2.45) is 0 Å². The van der Waals surface area contributed by atoms with Gasteiger partial charge in [-0.3, -0.25) is 4.79 Å². The molecule has 1 amide bonds. The number of amides is 1. The second kappa shape index (κ2) is 8.74. The summed E-state index contributed by atoms with van der Waals surface area (Å²) in [5.41, 5.74) is 0.387. The van der Waals surface area contributed by atoms with Gasteiger partial charge in [0.2, 0.25) is 3.79 Å². The molecule has 1 saturated heterocycles. The normalized spacial score (nSPS) is 16.4. The second-order valence-electron chi connectivity index (χ2n) is 5.00. The van der Waals surface area contributed by atoms with Crippen LogP contribution in [0.2, 0.25) is 5.02 Å². The molecular weight excluding hydrogens is 416 g/mol. The Morgan fingerprint density at radius 3 is 2.29 bits per heavy atom. The molecule has 1 fully saturated rings. The maximum Gasteiger partial charge on any atom is 0.252 e. The first kappa shape index (κ1) is 19.8.